The lowest BCUT2D eigenvalue weighted by atomic mass is 10.0. The van der Waals surface area contributed by atoms with Crippen LogP contribution in [0.3, 0.4) is 0 Å². The van der Waals surface area contributed by atoms with Crippen molar-refractivity contribution in [2.45, 2.75) is 83.0 Å². The first-order chi connectivity index (χ1) is 9.42. The third-order valence-corrected chi connectivity index (χ3v) is 3.89. The summed E-state index contributed by atoms with van der Waals surface area (Å²) in [6.45, 7) is 5.67. The van der Waals surface area contributed by atoms with E-state index in [1.165, 1.54) is 12.8 Å². The van der Waals surface area contributed by atoms with Gasteiger partial charge in [-0.05, 0) is 59.3 Å². The van der Waals surface area contributed by atoms with Crippen molar-refractivity contribution < 1.29 is 9.53 Å². The molecular weight excluding hydrogens is 252 g/mol. The maximum atomic E-state index is 11.7. The zero-order valence-corrected chi connectivity index (χ0v) is 12.9. The average Bonchev–Trinajstić information content (AvgIpc) is 2.75. The van der Waals surface area contributed by atoms with E-state index >= 15 is 0 Å². The van der Waals surface area contributed by atoms with Crippen LogP contribution in [0, 0.1) is 0 Å². The fourth-order valence-corrected chi connectivity index (χ4v) is 3.02. The van der Waals surface area contributed by atoms with Crippen molar-refractivity contribution in [3.05, 3.63) is 12.2 Å². The summed E-state index contributed by atoms with van der Waals surface area (Å²) in [5.41, 5.74) is -0.422. The van der Waals surface area contributed by atoms with Crippen LogP contribution < -0.4 is 10.6 Å². The summed E-state index contributed by atoms with van der Waals surface area (Å²) in [6, 6.07) is 1.40. The molecule has 1 amide bonds. The SMILES string of the molecule is CC(C)(C)OC(=O)NC1CCC(NC2CC=CCC2)C1. The minimum Gasteiger partial charge on any atom is -0.444 e. The van der Waals surface area contributed by atoms with Crippen molar-refractivity contribution in [1.82, 2.24) is 10.6 Å². The molecule has 0 aromatic carbocycles. The van der Waals surface area contributed by atoms with Crippen LogP contribution in [0.4, 0.5) is 4.79 Å². The lowest BCUT2D eigenvalue weighted by Crippen LogP contribution is -2.41. The monoisotopic (exact) mass is 280 g/mol. The van der Waals surface area contributed by atoms with E-state index in [2.05, 4.69) is 22.8 Å². The molecule has 0 heterocycles. The molecule has 2 aliphatic rings. The fourth-order valence-electron chi connectivity index (χ4n) is 3.02. The van der Waals surface area contributed by atoms with Crippen LogP contribution >= 0.6 is 0 Å². The lowest BCUT2D eigenvalue weighted by molar-refractivity contribution is 0.0505. The van der Waals surface area contributed by atoms with Gasteiger partial charge in [0.25, 0.3) is 0 Å². The molecule has 1 saturated carbocycles. The summed E-state index contributed by atoms with van der Waals surface area (Å²) in [5.74, 6) is 0. The average molecular weight is 280 g/mol. The van der Waals surface area contributed by atoms with Crippen LogP contribution in [0.25, 0.3) is 0 Å². The standard InChI is InChI=1S/C16H28N2O2/c1-16(2,3)20-15(19)18-14-10-9-13(11-14)17-12-7-5-4-6-8-12/h4-5,12-14,17H,6-11H2,1-3H3,(H,18,19). The maximum Gasteiger partial charge on any atom is 0.407 e. The predicted octanol–water partition coefficient (Wildman–Crippen LogP) is 3.13. The summed E-state index contributed by atoms with van der Waals surface area (Å²) < 4.78 is 5.31. The van der Waals surface area contributed by atoms with Gasteiger partial charge in [-0.15, -0.1) is 0 Å². The number of nitrogens with one attached hydrogen (secondary N) is 2. The summed E-state index contributed by atoms with van der Waals surface area (Å²) in [4.78, 5) is 11.7. The van der Waals surface area contributed by atoms with Gasteiger partial charge in [0, 0.05) is 18.1 Å². The second-order valence-corrected chi connectivity index (χ2v) is 7.00. The third kappa shape index (κ3) is 5.16. The number of alkyl carbamates (subject to hydrolysis) is 1. The largest absolute Gasteiger partial charge is 0.444 e. The normalized spacial score (nSPS) is 30.2. The molecule has 2 aliphatic carbocycles. The lowest BCUT2D eigenvalue weighted by Gasteiger charge is -2.24. The first-order valence-corrected chi connectivity index (χ1v) is 7.83. The van der Waals surface area contributed by atoms with E-state index in [0.717, 1.165) is 25.7 Å². The first-order valence-electron chi connectivity index (χ1n) is 7.83. The zero-order chi connectivity index (χ0) is 14.6. The predicted molar refractivity (Wildman–Crippen MR) is 80.7 cm³/mol. The second kappa shape index (κ2) is 6.61. The van der Waals surface area contributed by atoms with E-state index < -0.39 is 5.60 Å². The number of hydrogen-bond acceptors (Lipinski definition) is 3. The minimum atomic E-state index is -0.422. The highest BCUT2D eigenvalue weighted by Crippen LogP contribution is 2.22. The van der Waals surface area contributed by atoms with Crippen LogP contribution in [-0.4, -0.2) is 29.8 Å². The molecule has 0 aromatic heterocycles. The van der Waals surface area contributed by atoms with Crippen LogP contribution in [0.15, 0.2) is 12.2 Å². The quantitative estimate of drug-likeness (QED) is 0.781. The van der Waals surface area contributed by atoms with Gasteiger partial charge in [0.05, 0.1) is 0 Å². The molecule has 2 N–H and O–H groups in total. The van der Waals surface area contributed by atoms with Gasteiger partial charge in [-0.25, -0.2) is 4.79 Å². The van der Waals surface area contributed by atoms with Crippen LogP contribution in [0.1, 0.15) is 59.3 Å². The Balaban J connectivity index is 1.69. The molecule has 114 valence electrons. The number of carbonyl (C=O) groups excluding carboxylic acids is 1. The second-order valence-electron chi connectivity index (χ2n) is 7.00. The van der Waals surface area contributed by atoms with E-state index in [1.807, 2.05) is 20.8 Å². The Morgan fingerprint density at radius 2 is 1.85 bits per heavy atom. The van der Waals surface area contributed by atoms with E-state index in [9.17, 15) is 4.79 Å². The minimum absolute atomic E-state index is 0.251. The number of ether oxygens (including phenoxy) is 1. The summed E-state index contributed by atoms with van der Waals surface area (Å²) in [7, 11) is 0. The zero-order valence-electron chi connectivity index (χ0n) is 12.9. The smallest absolute Gasteiger partial charge is 0.407 e. The van der Waals surface area contributed by atoms with Gasteiger partial charge in [0.1, 0.15) is 5.60 Å². The van der Waals surface area contributed by atoms with Crippen molar-refractivity contribution in [2.24, 2.45) is 0 Å². The molecule has 4 heteroatoms. The summed E-state index contributed by atoms with van der Waals surface area (Å²) >= 11 is 0. The van der Waals surface area contributed by atoms with E-state index in [4.69, 9.17) is 4.74 Å². The van der Waals surface area contributed by atoms with Crippen LogP contribution in [-0.2, 0) is 4.74 Å². The fraction of sp³-hybridized carbons (Fsp3) is 0.812. The molecule has 0 aromatic rings. The molecule has 3 atom stereocenters. The Morgan fingerprint density at radius 1 is 1.10 bits per heavy atom. The van der Waals surface area contributed by atoms with Crippen molar-refractivity contribution in [3.8, 4) is 0 Å². The van der Waals surface area contributed by atoms with Crippen LogP contribution in [0.5, 0.6) is 0 Å². The molecule has 3 unspecified atom stereocenters. The molecule has 0 saturated heterocycles. The van der Waals surface area contributed by atoms with E-state index in [0.29, 0.717) is 12.1 Å². The number of hydrogen-bond donors (Lipinski definition) is 2. The molecule has 4 nitrogen and oxygen atoms in total. The highest BCUT2D eigenvalue weighted by Gasteiger charge is 2.28. The molecule has 20 heavy (non-hydrogen) atoms. The summed E-state index contributed by atoms with van der Waals surface area (Å²) in [6.07, 6.45) is 11.0. The molecule has 0 spiro atoms. The molecule has 0 aliphatic heterocycles. The van der Waals surface area contributed by atoms with Crippen molar-refractivity contribution in [2.75, 3.05) is 0 Å². The number of rotatable bonds is 3. The maximum absolute atomic E-state index is 11.7. The third-order valence-electron chi connectivity index (χ3n) is 3.89. The Hall–Kier alpha value is -1.03. The van der Waals surface area contributed by atoms with Gasteiger partial charge in [-0.2, -0.15) is 0 Å². The highest BCUT2D eigenvalue weighted by atomic mass is 16.6. The first kappa shape index (κ1) is 15.4. The molecular formula is C16H28N2O2. The van der Waals surface area contributed by atoms with Crippen molar-refractivity contribution in [3.63, 3.8) is 0 Å². The van der Waals surface area contributed by atoms with Gasteiger partial charge in [-0.1, -0.05) is 12.2 Å². The number of allylic oxidation sites excluding steroid dienone is 1. The van der Waals surface area contributed by atoms with Gasteiger partial charge in [0.15, 0.2) is 0 Å². The van der Waals surface area contributed by atoms with Crippen molar-refractivity contribution >= 4 is 6.09 Å². The van der Waals surface area contributed by atoms with Crippen LogP contribution in [0.2, 0.25) is 0 Å². The number of amides is 1. The Labute approximate surface area is 122 Å². The Kier molecular flexibility index (Phi) is 5.08. The van der Waals surface area contributed by atoms with Crippen molar-refractivity contribution in [1.29, 1.82) is 0 Å². The van der Waals surface area contributed by atoms with Gasteiger partial charge in [0.2, 0.25) is 0 Å². The molecule has 2 rings (SSSR count). The van der Waals surface area contributed by atoms with Gasteiger partial charge >= 0.3 is 6.09 Å². The molecule has 0 radical (unpaired) electrons. The highest BCUT2D eigenvalue weighted by molar-refractivity contribution is 5.68. The molecule has 1 fully saturated rings. The Morgan fingerprint density at radius 3 is 2.50 bits per heavy atom. The number of carbonyl (C=O) groups is 1. The van der Waals surface area contributed by atoms with Gasteiger partial charge in [-0.3, -0.25) is 0 Å². The Bertz CT molecular complexity index is 360. The van der Waals surface area contributed by atoms with E-state index in [1.54, 1.807) is 0 Å². The summed E-state index contributed by atoms with van der Waals surface area (Å²) in [5, 5.41) is 6.71. The van der Waals surface area contributed by atoms with E-state index in [-0.39, 0.29) is 12.1 Å². The van der Waals surface area contributed by atoms with Gasteiger partial charge < -0.3 is 15.4 Å². The topological polar surface area (TPSA) is 50.4 Å². The molecule has 0 bridgehead atoms.